The molecule has 0 spiro atoms. The molecular weight excluding hydrogens is 350 g/mol. The first kappa shape index (κ1) is 14.9. The summed E-state index contributed by atoms with van der Waals surface area (Å²) in [5, 5.41) is 4.30. The zero-order chi connectivity index (χ0) is 14.8. The molecule has 1 aliphatic rings. The lowest BCUT2D eigenvalue weighted by molar-refractivity contribution is 0.357. The molecule has 110 valence electrons. The number of benzene rings is 2. The van der Waals surface area contributed by atoms with Crippen LogP contribution in [0.3, 0.4) is 0 Å². The van der Waals surface area contributed by atoms with E-state index in [1.165, 1.54) is 11.1 Å². The van der Waals surface area contributed by atoms with E-state index < -0.39 is 0 Å². The van der Waals surface area contributed by atoms with Gasteiger partial charge in [0.25, 0.3) is 0 Å². The van der Waals surface area contributed by atoms with E-state index >= 15 is 0 Å². The highest BCUT2D eigenvalue weighted by Gasteiger charge is 2.19. The number of rotatable bonds is 4. The smallest absolute Gasteiger partial charge is 0.122 e. The highest BCUT2D eigenvalue weighted by molar-refractivity contribution is 9.10. The van der Waals surface area contributed by atoms with Crippen molar-refractivity contribution in [2.24, 2.45) is 0 Å². The van der Waals surface area contributed by atoms with Gasteiger partial charge in [0.2, 0.25) is 0 Å². The zero-order valence-electron chi connectivity index (χ0n) is 11.8. The molecule has 2 aromatic carbocycles. The van der Waals surface area contributed by atoms with Crippen molar-refractivity contribution in [3.05, 3.63) is 62.6 Å². The molecule has 3 rings (SSSR count). The van der Waals surface area contributed by atoms with Crippen LogP contribution in [0.5, 0.6) is 5.75 Å². The van der Waals surface area contributed by atoms with Crippen LogP contribution in [-0.4, -0.2) is 13.2 Å². The number of ether oxygens (including phenoxy) is 1. The molecule has 0 radical (unpaired) electrons. The minimum absolute atomic E-state index is 0.0986. The van der Waals surface area contributed by atoms with Gasteiger partial charge in [-0.1, -0.05) is 52.7 Å². The van der Waals surface area contributed by atoms with Crippen molar-refractivity contribution in [1.29, 1.82) is 0 Å². The third-order valence-corrected chi connectivity index (χ3v) is 4.55. The van der Waals surface area contributed by atoms with Gasteiger partial charge < -0.3 is 10.1 Å². The van der Waals surface area contributed by atoms with E-state index in [0.29, 0.717) is 0 Å². The quantitative estimate of drug-likeness (QED) is 0.844. The van der Waals surface area contributed by atoms with Crippen molar-refractivity contribution in [3.8, 4) is 5.75 Å². The normalized spacial score (nSPS) is 14.6. The Labute approximate surface area is 138 Å². The minimum Gasteiger partial charge on any atom is -0.493 e. The lowest BCUT2D eigenvalue weighted by Crippen LogP contribution is -2.22. The van der Waals surface area contributed by atoms with Crippen molar-refractivity contribution in [1.82, 2.24) is 5.32 Å². The van der Waals surface area contributed by atoms with E-state index in [4.69, 9.17) is 16.3 Å². The first-order valence-corrected chi connectivity index (χ1v) is 8.30. The average Bonchev–Trinajstić information content (AvgIpc) is 2.93. The van der Waals surface area contributed by atoms with Crippen molar-refractivity contribution >= 4 is 27.5 Å². The molecule has 0 amide bonds. The zero-order valence-corrected chi connectivity index (χ0v) is 14.2. The Morgan fingerprint density at radius 2 is 2.14 bits per heavy atom. The standard InChI is InChI=1S/C17H17BrClNO/c1-2-20-17(14-5-4-13(18)10-15(14)19)12-3-6-16-11(9-12)7-8-21-16/h3-6,9-10,17,20H,2,7-8H2,1H3. The maximum Gasteiger partial charge on any atom is 0.122 e. The van der Waals surface area contributed by atoms with E-state index in [-0.39, 0.29) is 6.04 Å². The van der Waals surface area contributed by atoms with Crippen molar-refractivity contribution < 1.29 is 4.74 Å². The van der Waals surface area contributed by atoms with E-state index in [1.807, 2.05) is 12.1 Å². The van der Waals surface area contributed by atoms with Crippen LogP contribution < -0.4 is 10.1 Å². The van der Waals surface area contributed by atoms with Gasteiger partial charge in [-0.05, 0) is 41.4 Å². The molecule has 1 N–H and O–H groups in total. The van der Waals surface area contributed by atoms with Crippen LogP contribution >= 0.6 is 27.5 Å². The fourth-order valence-corrected chi connectivity index (χ4v) is 3.52. The maximum absolute atomic E-state index is 6.43. The Balaban J connectivity index is 2.01. The summed E-state index contributed by atoms with van der Waals surface area (Å²) in [7, 11) is 0. The summed E-state index contributed by atoms with van der Waals surface area (Å²) < 4.78 is 6.58. The minimum atomic E-state index is 0.0986. The van der Waals surface area contributed by atoms with Crippen LogP contribution in [0.2, 0.25) is 5.02 Å². The third-order valence-electron chi connectivity index (χ3n) is 3.73. The van der Waals surface area contributed by atoms with Gasteiger partial charge in [-0.3, -0.25) is 0 Å². The second-order valence-electron chi connectivity index (χ2n) is 5.12. The molecular formula is C17H17BrClNO. The van der Waals surface area contributed by atoms with Crippen LogP contribution in [0, 0.1) is 0 Å². The SMILES string of the molecule is CCNC(c1ccc2c(c1)CCO2)c1ccc(Br)cc1Cl. The fraction of sp³-hybridized carbons (Fsp3) is 0.294. The predicted octanol–water partition coefficient (Wildman–Crippen LogP) is 4.74. The summed E-state index contributed by atoms with van der Waals surface area (Å²) in [5.74, 6) is 1.01. The number of hydrogen-bond acceptors (Lipinski definition) is 2. The summed E-state index contributed by atoms with van der Waals surface area (Å²) in [4.78, 5) is 0. The predicted molar refractivity (Wildman–Crippen MR) is 90.3 cm³/mol. The third kappa shape index (κ3) is 3.10. The second-order valence-corrected chi connectivity index (χ2v) is 6.45. The lowest BCUT2D eigenvalue weighted by Gasteiger charge is -2.21. The molecule has 2 aromatic rings. The topological polar surface area (TPSA) is 21.3 Å². The average molecular weight is 367 g/mol. The number of hydrogen-bond donors (Lipinski definition) is 1. The molecule has 0 aliphatic carbocycles. The van der Waals surface area contributed by atoms with Gasteiger partial charge in [0.1, 0.15) is 5.75 Å². The fourth-order valence-electron chi connectivity index (χ4n) is 2.73. The van der Waals surface area contributed by atoms with E-state index in [1.54, 1.807) is 0 Å². The summed E-state index contributed by atoms with van der Waals surface area (Å²) in [5.41, 5.74) is 3.61. The molecule has 1 unspecified atom stereocenters. The monoisotopic (exact) mass is 365 g/mol. The van der Waals surface area contributed by atoms with Gasteiger partial charge in [0.15, 0.2) is 0 Å². The Morgan fingerprint density at radius 1 is 1.29 bits per heavy atom. The Hall–Kier alpha value is -1.03. The Morgan fingerprint density at radius 3 is 2.90 bits per heavy atom. The van der Waals surface area contributed by atoms with Crippen molar-refractivity contribution in [3.63, 3.8) is 0 Å². The number of halogens is 2. The first-order valence-electron chi connectivity index (χ1n) is 7.13. The number of nitrogens with one attached hydrogen (secondary N) is 1. The van der Waals surface area contributed by atoms with E-state index in [0.717, 1.165) is 40.4 Å². The highest BCUT2D eigenvalue weighted by atomic mass is 79.9. The molecule has 2 nitrogen and oxygen atoms in total. The molecule has 1 aliphatic heterocycles. The molecule has 4 heteroatoms. The van der Waals surface area contributed by atoms with E-state index in [2.05, 4.69) is 52.4 Å². The van der Waals surface area contributed by atoms with Crippen LogP contribution in [0.15, 0.2) is 40.9 Å². The van der Waals surface area contributed by atoms with E-state index in [9.17, 15) is 0 Å². The van der Waals surface area contributed by atoms with Gasteiger partial charge in [-0.25, -0.2) is 0 Å². The molecule has 0 saturated carbocycles. The van der Waals surface area contributed by atoms with Crippen molar-refractivity contribution in [2.45, 2.75) is 19.4 Å². The number of fused-ring (bicyclic) bond motifs is 1. The van der Waals surface area contributed by atoms with Crippen LogP contribution in [0.4, 0.5) is 0 Å². The molecule has 1 heterocycles. The molecule has 21 heavy (non-hydrogen) atoms. The van der Waals surface area contributed by atoms with Gasteiger partial charge in [-0.15, -0.1) is 0 Å². The van der Waals surface area contributed by atoms with Crippen LogP contribution in [-0.2, 0) is 6.42 Å². The molecule has 1 atom stereocenters. The molecule has 0 saturated heterocycles. The van der Waals surface area contributed by atoms with Gasteiger partial charge in [0, 0.05) is 15.9 Å². The molecule has 0 bridgehead atoms. The Kier molecular flexibility index (Phi) is 4.53. The van der Waals surface area contributed by atoms with Gasteiger partial charge in [-0.2, -0.15) is 0 Å². The van der Waals surface area contributed by atoms with Crippen LogP contribution in [0.1, 0.15) is 29.7 Å². The van der Waals surface area contributed by atoms with Gasteiger partial charge in [0.05, 0.1) is 12.6 Å². The van der Waals surface area contributed by atoms with Crippen LogP contribution in [0.25, 0.3) is 0 Å². The molecule has 0 aromatic heterocycles. The lowest BCUT2D eigenvalue weighted by atomic mass is 9.96. The summed E-state index contributed by atoms with van der Waals surface area (Å²) in [6.07, 6.45) is 0.982. The summed E-state index contributed by atoms with van der Waals surface area (Å²) in [6.45, 7) is 3.77. The highest BCUT2D eigenvalue weighted by Crippen LogP contribution is 2.34. The second kappa shape index (κ2) is 6.39. The van der Waals surface area contributed by atoms with Crippen molar-refractivity contribution in [2.75, 3.05) is 13.2 Å². The first-order chi connectivity index (χ1) is 10.2. The maximum atomic E-state index is 6.43. The summed E-state index contributed by atoms with van der Waals surface area (Å²) >= 11 is 9.89. The molecule has 0 fully saturated rings. The summed E-state index contributed by atoms with van der Waals surface area (Å²) in [6, 6.07) is 12.6. The van der Waals surface area contributed by atoms with Gasteiger partial charge >= 0.3 is 0 Å². The Bertz CT molecular complexity index is 659. The largest absolute Gasteiger partial charge is 0.493 e.